The maximum Gasteiger partial charge on any atom is 0.238 e. The number of carbonyl (C=O) groups excluding carboxylic acids is 1. The zero-order chi connectivity index (χ0) is 20.1. The van der Waals surface area contributed by atoms with Crippen molar-refractivity contribution < 1.29 is 13.2 Å². The maximum atomic E-state index is 12.6. The van der Waals surface area contributed by atoms with Gasteiger partial charge in [-0.2, -0.15) is 4.31 Å². The summed E-state index contributed by atoms with van der Waals surface area (Å²) < 4.78 is 26.7. The number of rotatable bonds is 6. The monoisotopic (exact) mass is 421 g/mol. The molecular weight excluding hydrogens is 398 g/mol. The first-order valence-electron chi connectivity index (χ1n) is 9.13. The Labute approximate surface area is 171 Å². The molecule has 0 bridgehead atoms. The van der Waals surface area contributed by atoms with Crippen molar-refractivity contribution >= 4 is 33.2 Å². The number of halogens is 1. The highest BCUT2D eigenvalue weighted by molar-refractivity contribution is 7.88. The van der Waals surface area contributed by atoms with Gasteiger partial charge in [0.25, 0.3) is 0 Å². The average molecular weight is 422 g/mol. The quantitative estimate of drug-likeness (QED) is 0.778. The van der Waals surface area contributed by atoms with Crippen molar-refractivity contribution in [2.45, 2.75) is 12.7 Å². The van der Waals surface area contributed by atoms with Gasteiger partial charge < -0.3 is 5.32 Å². The van der Waals surface area contributed by atoms with E-state index in [9.17, 15) is 13.2 Å². The molecule has 0 unspecified atom stereocenters. The molecule has 6 nitrogen and oxygen atoms in total. The summed E-state index contributed by atoms with van der Waals surface area (Å²) in [5, 5.41) is 3.44. The third-order valence-corrected chi connectivity index (χ3v) is 7.00. The first-order chi connectivity index (χ1) is 13.3. The second kappa shape index (κ2) is 9.05. The molecule has 2 aromatic rings. The van der Waals surface area contributed by atoms with Gasteiger partial charge in [-0.1, -0.05) is 48.0 Å². The van der Waals surface area contributed by atoms with Gasteiger partial charge in [0.2, 0.25) is 15.9 Å². The van der Waals surface area contributed by atoms with Gasteiger partial charge in [0.05, 0.1) is 12.3 Å². The number of anilines is 1. The van der Waals surface area contributed by atoms with Crippen molar-refractivity contribution in [1.82, 2.24) is 9.21 Å². The van der Waals surface area contributed by atoms with Crippen LogP contribution < -0.4 is 5.32 Å². The van der Waals surface area contributed by atoms with Gasteiger partial charge in [0, 0.05) is 36.9 Å². The molecule has 8 heteroatoms. The molecule has 0 aliphatic carbocycles. The van der Waals surface area contributed by atoms with Crippen LogP contribution in [0.2, 0.25) is 5.02 Å². The van der Waals surface area contributed by atoms with Crippen LogP contribution in [0.15, 0.2) is 48.5 Å². The average Bonchev–Trinajstić information content (AvgIpc) is 2.65. The van der Waals surface area contributed by atoms with Gasteiger partial charge in [-0.15, -0.1) is 0 Å². The summed E-state index contributed by atoms with van der Waals surface area (Å²) in [4.78, 5) is 14.2. The van der Waals surface area contributed by atoms with E-state index >= 15 is 0 Å². The molecular formula is C20H24ClN3O3S. The summed E-state index contributed by atoms with van der Waals surface area (Å²) in [6.45, 7) is 3.95. The van der Waals surface area contributed by atoms with E-state index in [0.29, 0.717) is 36.9 Å². The van der Waals surface area contributed by atoms with E-state index < -0.39 is 10.0 Å². The largest absolute Gasteiger partial charge is 0.325 e. The molecule has 2 aromatic carbocycles. The van der Waals surface area contributed by atoms with Gasteiger partial charge in [-0.25, -0.2) is 8.42 Å². The number of hydrogen-bond acceptors (Lipinski definition) is 4. The van der Waals surface area contributed by atoms with Gasteiger partial charge in [0.1, 0.15) is 0 Å². The van der Waals surface area contributed by atoms with Crippen molar-refractivity contribution in [2.24, 2.45) is 0 Å². The van der Waals surface area contributed by atoms with E-state index in [4.69, 9.17) is 11.6 Å². The minimum Gasteiger partial charge on any atom is -0.325 e. The van der Waals surface area contributed by atoms with E-state index in [-0.39, 0.29) is 18.2 Å². The molecule has 0 aromatic heterocycles. The molecule has 1 saturated heterocycles. The van der Waals surface area contributed by atoms with E-state index in [0.717, 1.165) is 11.1 Å². The van der Waals surface area contributed by atoms with E-state index in [1.165, 1.54) is 4.31 Å². The summed E-state index contributed by atoms with van der Waals surface area (Å²) in [5.74, 6) is -0.136. The van der Waals surface area contributed by atoms with Crippen LogP contribution in [-0.4, -0.2) is 56.3 Å². The zero-order valence-corrected chi connectivity index (χ0v) is 17.3. The van der Waals surface area contributed by atoms with Crippen LogP contribution in [0.5, 0.6) is 0 Å². The van der Waals surface area contributed by atoms with Crippen molar-refractivity contribution in [2.75, 3.05) is 38.0 Å². The molecule has 3 rings (SSSR count). The highest BCUT2D eigenvalue weighted by Gasteiger charge is 2.27. The summed E-state index contributed by atoms with van der Waals surface area (Å²) in [6, 6.07) is 14.6. The minimum atomic E-state index is -3.35. The standard InChI is InChI=1S/C20H24ClN3O3S/c1-16-7-8-18(13-19(16)21)22-20(25)14-23-9-11-24(12-10-23)28(26,27)15-17-5-3-2-4-6-17/h2-8,13H,9-12,14-15H2,1H3,(H,22,25). The Hall–Kier alpha value is -1.93. The normalized spacial score (nSPS) is 16.1. The number of amides is 1. The van der Waals surface area contributed by atoms with Gasteiger partial charge in [0.15, 0.2) is 0 Å². The van der Waals surface area contributed by atoms with Crippen LogP contribution in [0.25, 0.3) is 0 Å². The fraction of sp³-hybridized carbons (Fsp3) is 0.350. The molecule has 0 radical (unpaired) electrons. The highest BCUT2D eigenvalue weighted by atomic mass is 35.5. The topological polar surface area (TPSA) is 69.7 Å². The second-order valence-corrected chi connectivity index (χ2v) is 9.31. The summed E-state index contributed by atoms with van der Waals surface area (Å²) in [6.07, 6.45) is 0. The van der Waals surface area contributed by atoms with Crippen LogP contribution in [-0.2, 0) is 20.6 Å². The smallest absolute Gasteiger partial charge is 0.238 e. The Morgan fingerprint density at radius 2 is 1.75 bits per heavy atom. The Kier molecular flexibility index (Phi) is 6.72. The first-order valence-corrected chi connectivity index (χ1v) is 11.1. The summed E-state index contributed by atoms with van der Waals surface area (Å²) in [5.41, 5.74) is 2.39. The van der Waals surface area contributed by atoms with E-state index in [1.807, 2.05) is 54.3 Å². The number of nitrogens with zero attached hydrogens (tertiary/aromatic N) is 2. The third kappa shape index (κ3) is 5.54. The summed E-state index contributed by atoms with van der Waals surface area (Å²) >= 11 is 6.08. The predicted octanol–water partition coefficient (Wildman–Crippen LogP) is 2.73. The lowest BCUT2D eigenvalue weighted by atomic mass is 10.2. The molecule has 1 fully saturated rings. The number of carbonyl (C=O) groups is 1. The Morgan fingerprint density at radius 3 is 2.39 bits per heavy atom. The van der Waals surface area contributed by atoms with Crippen LogP contribution in [0, 0.1) is 6.92 Å². The van der Waals surface area contributed by atoms with Gasteiger partial charge >= 0.3 is 0 Å². The first kappa shape index (κ1) is 20.8. The van der Waals surface area contributed by atoms with E-state index in [1.54, 1.807) is 6.07 Å². The molecule has 0 saturated carbocycles. The summed E-state index contributed by atoms with van der Waals surface area (Å²) in [7, 11) is -3.35. The molecule has 1 N–H and O–H groups in total. The second-order valence-electron chi connectivity index (χ2n) is 6.93. The fourth-order valence-corrected chi connectivity index (χ4v) is 4.81. The number of benzene rings is 2. The zero-order valence-electron chi connectivity index (χ0n) is 15.8. The van der Waals surface area contributed by atoms with Crippen molar-refractivity contribution in [3.05, 3.63) is 64.7 Å². The minimum absolute atomic E-state index is 0.00249. The van der Waals surface area contributed by atoms with Crippen LogP contribution in [0.3, 0.4) is 0 Å². The van der Waals surface area contributed by atoms with Crippen LogP contribution in [0.4, 0.5) is 5.69 Å². The molecule has 0 atom stereocenters. The number of nitrogens with one attached hydrogen (secondary N) is 1. The molecule has 1 amide bonds. The maximum absolute atomic E-state index is 12.6. The molecule has 0 spiro atoms. The lowest BCUT2D eigenvalue weighted by Crippen LogP contribution is -2.50. The predicted molar refractivity (Wildman–Crippen MR) is 112 cm³/mol. The van der Waals surface area contributed by atoms with E-state index in [2.05, 4.69) is 5.32 Å². The van der Waals surface area contributed by atoms with Gasteiger partial charge in [-0.3, -0.25) is 9.69 Å². The Balaban J connectivity index is 1.49. The molecule has 1 aliphatic heterocycles. The van der Waals surface area contributed by atoms with Gasteiger partial charge in [-0.05, 0) is 30.2 Å². The van der Waals surface area contributed by atoms with Crippen LogP contribution in [0.1, 0.15) is 11.1 Å². The number of hydrogen-bond donors (Lipinski definition) is 1. The number of piperazine rings is 1. The number of sulfonamides is 1. The lowest BCUT2D eigenvalue weighted by Gasteiger charge is -2.33. The SMILES string of the molecule is Cc1ccc(NC(=O)CN2CCN(S(=O)(=O)Cc3ccccc3)CC2)cc1Cl. The molecule has 28 heavy (non-hydrogen) atoms. The van der Waals surface area contributed by atoms with Crippen LogP contribution >= 0.6 is 11.6 Å². The van der Waals surface area contributed by atoms with Crippen molar-refractivity contribution in [1.29, 1.82) is 0 Å². The molecule has 1 heterocycles. The Morgan fingerprint density at radius 1 is 1.07 bits per heavy atom. The fourth-order valence-electron chi connectivity index (χ4n) is 3.12. The lowest BCUT2D eigenvalue weighted by molar-refractivity contribution is -0.117. The van der Waals surface area contributed by atoms with Crippen molar-refractivity contribution in [3.63, 3.8) is 0 Å². The third-order valence-electron chi connectivity index (χ3n) is 4.74. The highest BCUT2D eigenvalue weighted by Crippen LogP contribution is 2.20. The number of aryl methyl sites for hydroxylation is 1. The molecule has 150 valence electrons. The van der Waals surface area contributed by atoms with Crippen molar-refractivity contribution in [3.8, 4) is 0 Å². The Bertz CT molecular complexity index is 927. The molecule has 1 aliphatic rings.